The first-order valence-corrected chi connectivity index (χ1v) is 5.98. The molecule has 1 aromatic rings. The molecule has 0 bridgehead atoms. The Labute approximate surface area is 96.0 Å². The molecule has 4 nitrogen and oxygen atoms in total. The second kappa shape index (κ2) is 4.68. The normalized spacial score (nSPS) is 15.4. The second-order valence-electron chi connectivity index (χ2n) is 4.90. The summed E-state index contributed by atoms with van der Waals surface area (Å²) in [5, 5.41) is 6.52. The van der Waals surface area contributed by atoms with E-state index in [4.69, 9.17) is 0 Å². The zero-order valence-corrected chi connectivity index (χ0v) is 9.94. The van der Waals surface area contributed by atoms with Gasteiger partial charge in [0, 0.05) is 18.8 Å². The summed E-state index contributed by atoms with van der Waals surface area (Å²) in [6.07, 6.45) is 6.66. The molecular weight excluding hydrogens is 202 g/mol. The largest absolute Gasteiger partial charge is 0.336 e. The highest BCUT2D eigenvalue weighted by Crippen LogP contribution is 2.28. The maximum atomic E-state index is 12.2. The number of hydrogen-bond donors (Lipinski definition) is 1. The molecular formula is C12H19N3O. The van der Waals surface area contributed by atoms with Crippen LogP contribution in [0, 0.1) is 5.92 Å². The van der Waals surface area contributed by atoms with Gasteiger partial charge in [0.2, 0.25) is 0 Å². The molecule has 88 valence electrons. The Morgan fingerprint density at radius 2 is 2.38 bits per heavy atom. The van der Waals surface area contributed by atoms with Crippen LogP contribution in [0.1, 0.15) is 43.5 Å². The van der Waals surface area contributed by atoms with E-state index in [1.807, 2.05) is 4.90 Å². The van der Waals surface area contributed by atoms with Crippen LogP contribution >= 0.6 is 0 Å². The van der Waals surface area contributed by atoms with Crippen LogP contribution in [-0.2, 0) is 0 Å². The van der Waals surface area contributed by atoms with Crippen molar-refractivity contribution in [1.29, 1.82) is 0 Å². The molecule has 0 aromatic carbocycles. The molecule has 0 spiro atoms. The summed E-state index contributed by atoms with van der Waals surface area (Å²) in [4.78, 5) is 14.2. The molecule has 0 saturated heterocycles. The topological polar surface area (TPSA) is 49.0 Å². The van der Waals surface area contributed by atoms with Gasteiger partial charge in [0.25, 0.3) is 5.91 Å². The molecule has 1 heterocycles. The molecule has 0 atom stereocenters. The Bertz CT molecular complexity index is 341. The molecule has 16 heavy (non-hydrogen) atoms. The predicted octanol–water partition coefficient (Wildman–Crippen LogP) is 2.06. The molecule has 1 aromatic heterocycles. The number of aromatic amines is 1. The number of H-pyrrole nitrogens is 1. The van der Waals surface area contributed by atoms with E-state index in [2.05, 4.69) is 24.0 Å². The number of amides is 1. The Morgan fingerprint density at radius 1 is 1.62 bits per heavy atom. The van der Waals surface area contributed by atoms with Crippen LogP contribution < -0.4 is 0 Å². The Kier molecular flexibility index (Phi) is 3.27. The van der Waals surface area contributed by atoms with E-state index >= 15 is 0 Å². The molecule has 1 aliphatic carbocycles. The third-order valence-corrected chi connectivity index (χ3v) is 2.94. The number of nitrogens with one attached hydrogen (secondary N) is 1. The highest BCUT2D eigenvalue weighted by molar-refractivity contribution is 5.94. The van der Waals surface area contributed by atoms with Gasteiger partial charge in [-0.2, -0.15) is 5.10 Å². The lowest BCUT2D eigenvalue weighted by molar-refractivity contribution is 0.0735. The summed E-state index contributed by atoms with van der Waals surface area (Å²) in [6.45, 7) is 5.24. The van der Waals surface area contributed by atoms with Crippen LogP contribution in [0.25, 0.3) is 0 Å². The van der Waals surface area contributed by atoms with Gasteiger partial charge in [0.1, 0.15) is 0 Å². The maximum Gasteiger partial charge on any atom is 0.257 e. The highest BCUT2D eigenvalue weighted by atomic mass is 16.2. The van der Waals surface area contributed by atoms with E-state index in [1.165, 1.54) is 0 Å². The van der Waals surface area contributed by atoms with Crippen LogP contribution in [0.15, 0.2) is 12.4 Å². The van der Waals surface area contributed by atoms with Gasteiger partial charge in [-0.05, 0) is 25.2 Å². The SMILES string of the molecule is CC(C)CCN(C(=O)c1cn[nH]c1)C1CC1. The van der Waals surface area contributed by atoms with Crippen molar-refractivity contribution in [3.05, 3.63) is 18.0 Å². The van der Waals surface area contributed by atoms with E-state index in [0.29, 0.717) is 17.5 Å². The molecule has 1 amide bonds. The monoisotopic (exact) mass is 221 g/mol. The summed E-state index contributed by atoms with van der Waals surface area (Å²) >= 11 is 0. The first-order chi connectivity index (χ1) is 7.68. The minimum absolute atomic E-state index is 0.122. The van der Waals surface area contributed by atoms with Gasteiger partial charge in [-0.25, -0.2) is 0 Å². The van der Waals surface area contributed by atoms with Crippen molar-refractivity contribution in [3.8, 4) is 0 Å². The quantitative estimate of drug-likeness (QED) is 0.827. The van der Waals surface area contributed by atoms with Crippen molar-refractivity contribution < 1.29 is 4.79 Å². The summed E-state index contributed by atoms with van der Waals surface area (Å²) in [5.41, 5.74) is 0.677. The number of nitrogens with zero attached hydrogens (tertiary/aromatic N) is 2. The van der Waals surface area contributed by atoms with E-state index in [-0.39, 0.29) is 5.91 Å². The minimum atomic E-state index is 0.122. The van der Waals surface area contributed by atoms with Gasteiger partial charge in [-0.3, -0.25) is 9.89 Å². The summed E-state index contributed by atoms with van der Waals surface area (Å²) < 4.78 is 0. The minimum Gasteiger partial charge on any atom is -0.336 e. The third kappa shape index (κ3) is 2.62. The molecule has 4 heteroatoms. The molecule has 0 unspecified atom stereocenters. The van der Waals surface area contributed by atoms with E-state index < -0.39 is 0 Å². The zero-order valence-electron chi connectivity index (χ0n) is 9.94. The number of carbonyl (C=O) groups is 1. The lowest BCUT2D eigenvalue weighted by Gasteiger charge is -2.22. The van der Waals surface area contributed by atoms with Gasteiger partial charge in [-0.1, -0.05) is 13.8 Å². The molecule has 1 saturated carbocycles. The van der Waals surface area contributed by atoms with Gasteiger partial charge in [0.15, 0.2) is 0 Å². The van der Waals surface area contributed by atoms with Crippen LogP contribution in [-0.4, -0.2) is 33.6 Å². The Balaban J connectivity index is 1.99. The van der Waals surface area contributed by atoms with Crippen molar-refractivity contribution in [2.24, 2.45) is 5.92 Å². The average molecular weight is 221 g/mol. The predicted molar refractivity (Wildman–Crippen MR) is 62.1 cm³/mol. The van der Waals surface area contributed by atoms with Crippen LogP contribution in [0.4, 0.5) is 0 Å². The van der Waals surface area contributed by atoms with Gasteiger partial charge < -0.3 is 4.90 Å². The van der Waals surface area contributed by atoms with Gasteiger partial charge in [-0.15, -0.1) is 0 Å². The third-order valence-electron chi connectivity index (χ3n) is 2.94. The fourth-order valence-corrected chi connectivity index (χ4v) is 1.77. The summed E-state index contributed by atoms with van der Waals surface area (Å²) in [6, 6.07) is 0.473. The molecule has 1 aliphatic rings. The maximum absolute atomic E-state index is 12.2. The number of rotatable bonds is 5. The zero-order chi connectivity index (χ0) is 11.5. The van der Waals surface area contributed by atoms with Crippen molar-refractivity contribution in [1.82, 2.24) is 15.1 Å². The fourth-order valence-electron chi connectivity index (χ4n) is 1.77. The van der Waals surface area contributed by atoms with Crippen molar-refractivity contribution in [2.75, 3.05) is 6.54 Å². The molecule has 0 aliphatic heterocycles. The smallest absolute Gasteiger partial charge is 0.257 e. The average Bonchev–Trinajstić information content (AvgIpc) is 2.93. The Morgan fingerprint density at radius 3 is 2.88 bits per heavy atom. The summed E-state index contributed by atoms with van der Waals surface area (Å²) in [5.74, 6) is 0.760. The van der Waals surface area contributed by atoms with Crippen LogP contribution in [0.5, 0.6) is 0 Å². The lowest BCUT2D eigenvalue weighted by Crippen LogP contribution is -2.34. The van der Waals surface area contributed by atoms with E-state index in [0.717, 1.165) is 25.8 Å². The van der Waals surface area contributed by atoms with Gasteiger partial charge >= 0.3 is 0 Å². The standard InChI is InChI=1S/C12H19N3O/c1-9(2)5-6-15(11-3-4-11)12(16)10-7-13-14-8-10/h7-9,11H,3-6H2,1-2H3,(H,13,14). The fraction of sp³-hybridized carbons (Fsp3) is 0.667. The van der Waals surface area contributed by atoms with Crippen LogP contribution in [0.3, 0.4) is 0 Å². The highest BCUT2D eigenvalue weighted by Gasteiger charge is 2.32. The first-order valence-electron chi connectivity index (χ1n) is 5.98. The molecule has 2 rings (SSSR count). The van der Waals surface area contributed by atoms with E-state index in [9.17, 15) is 4.79 Å². The van der Waals surface area contributed by atoms with Crippen molar-refractivity contribution in [3.63, 3.8) is 0 Å². The molecule has 1 N–H and O–H groups in total. The number of aromatic nitrogens is 2. The first kappa shape index (κ1) is 11.2. The second-order valence-corrected chi connectivity index (χ2v) is 4.90. The molecule has 0 radical (unpaired) electrons. The van der Waals surface area contributed by atoms with E-state index in [1.54, 1.807) is 12.4 Å². The number of carbonyl (C=O) groups excluding carboxylic acids is 1. The van der Waals surface area contributed by atoms with Gasteiger partial charge in [0.05, 0.1) is 11.8 Å². The lowest BCUT2D eigenvalue weighted by atomic mass is 10.1. The van der Waals surface area contributed by atoms with Crippen molar-refractivity contribution in [2.45, 2.75) is 39.2 Å². The van der Waals surface area contributed by atoms with Crippen molar-refractivity contribution >= 4 is 5.91 Å². The van der Waals surface area contributed by atoms with Crippen LogP contribution in [0.2, 0.25) is 0 Å². The molecule has 1 fully saturated rings. The Hall–Kier alpha value is -1.32. The number of hydrogen-bond acceptors (Lipinski definition) is 2. The summed E-state index contributed by atoms with van der Waals surface area (Å²) in [7, 11) is 0.